The third-order valence-electron chi connectivity index (χ3n) is 3.56. The zero-order valence-electron chi connectivity index (χ0n) is 9.08. The molecule has 1 heterocycles. The third-order valence-corrected chi connectivity index (χ3v) is 3.56. The van der Waals surface area contributed by atoms with Gasteiger partial charge in [0, 0.05) is 31.7 Å². The van der Waals surface area contributed by atoms with Crippen molar-refractivity contribution in [1.29, 1.82) is 0 Å². The number of piperazine rings is 1. The number of hydrogen-bond donors (Lipinski definition) is 2. The summed E-state index contributed by atoms with van der Waals surface area (Å²) in [5.74, 6) is 0. The van der Waals surface area contributed by atoms with E-state index in [0.717, 1.165) is 26.1 Å². The molecule has 3 nitrogen and oxygen atoms in total. The summed E-state index contributed by atoms with van der Waals surface area (Å²) in [4.78, 5) is 2.48. The van der Waals surface area contributed by atoms with Crippen LogP contribution in [-0.2, 0) is 0 Å². The lowest BCUT2D eigenvalue weighted by atomic mass is 9.90. The molecule has 2 aliphatic rings. The fraction of sp³-hybridized carbons (Fsp3) is 1.00. The molecular formula is C11H22N2O. The number of aliphatic hydroxyl groups excluding tert-OH is 1. The fourth-order valence-electron chi connectivity index (χ4n) is 2.78. The lowest BCUT2D eigenvalue weighted by molar-refractivity contribution is 0.00824. The monoisotopic (exact) mass is 198 g/mol. The van der Waals surface area contributed by atoms with Crippen LogP contribution < -0.4 is 5.32 Å². The molecule has 2 rings (SSSR count). The predicted octanol–water partition coefficient (Wildman–Crippen LogP) is 0.584. The molecule has 1 saturated heterocycles. The molecule has 0 aromatic rings. The van der Waals surface area contributed by atoms with Crippen LogP contribution in [0.15, 0.2) is 0 Å². The number of hydrogen-bond acceptors (Lipinski definition) is 3. The molecule has 0 radical (unpaired) electrons. The molecule has 0 amide bonds. The predicted molar refractivity (Wildman–Crippen MR) is 57.3 cm³/mol. The minimum Gasteiger partial charge on any atom is -0.391 e. The van der Waals surface area contributed by atoms with Gasteiger partial charge in [0.25, 0.3) is 0 Å². The Kier molecular flexibility index (Phi) is 3.42. The molecule has 2 N–H and O–H groups in total. The van der Waals surface area contributed by atoms with Crippen LogP contribution in [0.4, 0.5) is 0 Å². The first-order valence-electron chi connectivity index (χ1n) is 5.93. The first-order chi connectivity index (χ1) is 6.77. The molecular weight excluding hydrogens is 176 g/mol. The Morgan fingerprint density at radius 1 is 1.29 bits per heavy atom. The van der Waals surface area contributed by atoms with Crippen LogP contribution in [0, 0.1) is 0 Å². The van der Waals surface area contributed by atoms with E-state index in [9.17, 15) is 5.11 Å². The van der Waals surface area contributed by atoms with E-state index < -0.39 is 0 Å². The lowest BCUT2D eigenvalue weighted by Gasteiger charge is -2.41. The average molecular weight is 198 g/mol. The van der Waals surface area contributed by atoms with Crippen LogP contribution in [0.1, 0.15) is 32.6 Å². The molecule has 2 fully saturated rings. The average Bonchev–Trinajstić information content (AvgIpc) is 2.18. The first-order valence-corrected chi connectivity index (χ1v) is 5.93. The molecule has 3 heteroatoms. The van der Waals surface area contributed by atoms with Gasteiger partial charge in [0.1, 0.15) is 0 Å². The van der Waals surface area contributed by atoms with Gasteiger partial charge in [0.15, 0.2) is 0 Å². The van der Waals surface area contributed by atoms with Crippen molar-refractivity contribution in [2.75, 3.05) is 19.6 Å². The van der Waals surface area contributed by atoms with E-state index in [1.54, 1.807) is 0 Å². The Morgan fingerprint density at radius 3 is 2.79 bits per heavy atom. The topological polar surface area (TPSA) is 35.5 Å². The van der Waals surface area contributed by atoms with E-state index in [2.05, 4.69) is 17.1 Å². The molecule has 14 heavy (non-hydrogen) atoms. The Morgan fingerprint density at radius 2 is 2.07 bits per heavy atom. The molecule has 1 aliphatic heterocycles. The molecule has 1 saturated carbocycles. The molecule has 0 aromatic heterocycles. The standard InChI is InChI=1S/C11H22N2O/c1-9-8-13(7-6-12-9)10-4-2-3-5-11(10)14/h9-12,14H,2-8H2,1H3. The van der Waals surface area contributed by atoms with Gasteiger partial charge >= 0.3 is 0 Å². The molecule has 0 bridgehead atoms. The van der Waals surface area contributed by atoms with Gasteiger partial charge in [-0.25, -0.2) is 0 Å². The second kappa shape index (κ2) is 4.60. The summed E-state index contributed by atoms with van der Waals surface area (Å²) >= 11 is 0. The van der Waals surface area contributed by atoms with E-state index in [-0.39, 0.29) is 6.10 Å². The van der Waals surface area contributed by atoms with Gasteiger partial charge in [-0.1, -0.05) is 12.8 Å². The summed E-state index contributed by atoms with van der Waals surface area (Å²) in [6.07, 6.45) is 4.62. The highest BCUT2D eigenvalue weighted by Crippen LogP contribution is 2.23. The van der Waals surface area contributed by atoms with Gasteiger partial charge in [-0.05, 0) is 19.8 Å². The van der Waals surface area contributed by atoms with Crippen LogP contribution in [-0.4, -0.2) is 47.8 Å². The fourth-order valence-corrected chi connectivity index (χ4v) is 2.78. The van der Waals surface area contributed by atoms with Gasteiger partial charge in [-0.2, -0.15) is 0 Å². The molecule has 0 spiro atoms. The molecule has 1 aliphatic carbocycles. The molecule has 82 valence electrons. The Balaban J connectivity index is 1.91. The summed E-state index contributed by atoms with van der Waals surface area (Å²) in [6, 6.07) is 1.02. The molecule has 3 atom stereocenters. The Bertz CT molecular complexity index is 186. The van der Waals surface area contributed by atoms with E-state index in [1.807, 2.05) is 0 Å². The summed E-state index contributed by atoms with van der Waals surface area (Å²) in [5.41, 5.74) is 0. The van der Waals surface area contributed by atoms with Gasteiger partial charge in [0.05, 0.1) is 6.10 Å². The van der Waals surface area contributed by atoms with E-state index in [0.29, 0.717) is 12.1 Å². The number of aliphatic hydroxyl groups is 1. The minimum atomic E-state index is -0.0750. The third kappa shape index (κ3) is 2.27. The largest absolute Gasteiger partial charge is 0.391 e. The zero-order valence-corrected chi connectivity index (χ0v) is 9.08. The van der Waals surface area contributed by atoms with Crippen molar-refractivity contribution in [3.63, 3.8) is 0 Å². The van der Waals surface area contributed by atoms with Crippen molar-refractivity contribution in [1.82, 2.24) is 10.2 Å². The van der Waals surface area contributed by atoms with Crippen LogP contribution >= 0.6 is 0 Å². The van der Waals surface area contributed by atoms with Crippen LogP contribution in [0.25, 0.3) is 0 Å². The van der Waals surface area contributed by atoms with Gasteiger partial charge in [0.2, 0.25) is 0 Å². The maximum atomic E-state index is 9.95. The maximum absolute atomic E-state index is 9.95. The highest BCUT2D eigenvalue weighted by molar-refractivity contribution is 4.87. The van der Waals surface area contributed by atoms with Crippen molar-refractivity contribution < 1.29 is 5.11 Å². The second-order valence-corrected chi connectivity index (χ2v) is 4.77. The van der Waals surface area contributed by atoms with Crippen LogP contribution in [0.2, 0.25) is 0 Å². The molecule has 3 unspecified atom stereocenters. The second-order valence-electron chi connectivity index (χ2n) is 4.77. The van der Waals surface area contributed by atoms with Crippen molar-refractivity contribution >= 4 is 0 Å². The van der Waals surface area contributed by atoms with E-state index >= 15 is 0 Å². The summed E-state index contributed by atoms with van der Waals surface area (Å²) in [7, 11) is 0. The smallest absolute Gasteiger partial charge is 0.0695 e. The Labute approximate surface area is 86.5 Å². The number of nitrogens with one attached hydrogen (secondary N) is 1. The minimum absolute atomic E-state index is 0.0750. The van der Waals surface area contributed by atoms with Crippen molar-refractivity contribution in [3.05, 3.63) is 0 Å². The van der Waals surface area contributed by atoms with Gasteiger partial charge < -0.3 is 10.4 Å². The summed E-state index contributed by atoms with van der Waals surface area (Å²) in [5, 5.41) is 13.4. The highest BCUT2D eigenvalue weighted by Gasteiger charge is 2.30. The highest BCUT2D eigenvalue weighted by atomic mass is 16.3. The molecule has 0 aromatic carbocycles. The number of rotatable bonds is 1. The Hall–Kier alpha value is -0.120. The van der Waals surface area contributed by atoms with E-state index in [4.69, 9.17) is 0 Å². The van der Waals surface area contributed by atoms with Crippen molar-refractivity contribution in [2.45, 2.75) is 50.8 Å². The van der Waals surface area contributed by atoms with Crippen molar-refractivity contribution in [2.24, 2.45) is 0 Å². The summed E-state index contributed by atoms with van der Waals surface area (Å²) < 4.78 is 0. The van der Waals surface area contributed by atoms with Gasteiger partial charge in [-0.3, -0.25) is 4.90 Å². The lowest BCUT2D eigenvalue weighted by Crippen LogP contribution is -2.56. The van der Waals surface area contributed by atoms with Crippen LogP contribution in [0.5, 0.6) is 0 Å². The quantitative estimate of drug-likeness (QED) is 0.647. The van der Waals surface area contributed by atoms with Gasteiger partial charge in [-0.15, -0.1) is 0 Å². The first kappa shape index (κ1) is 10.4. The summed E-state index contributed by atoms with van der Waals surface area (Å²) in [6.45, 7) is 5.50. The number of nitrogens with zero attached hydrogens (tertiary/aromatic N) is 1. The van der Waals surface area contributed by atoms with Crippen LogP contribution in [0.3, 0.4) is 0 Å². The van der Waals surface area contributed by atoms with E-state index in [1.165, 1.54) is 19.3 Å². The SMILES string of the molecule is CC1CN(C2CCCCC2O)CCN1. The normalized spacial score (nSPS) is 41.1. The zero-order chi connectivity index (χ0) is 9.97. The maximum Gasteiger partial charge on any atom is 0.0695 e. The van der Waals surface area contributed by atoms with Crippen molar-refractivity contribution in [3.8, 4) is 0 Å².